The molecule has 2 heterocycles. The molecule has 1 aliphatic heterocycles. The van der Waals surface area contributed by atoms with E-state index in [2.05, 4.69) is 58.0 Å². The maximum absolute atomic E-state index is 14.6. The van der Waals surface area contributed by atoms with Gasteiger partial charge >= 0.3 is 0 Å². The van der Waals surface area contributed by atoms with Crippen molar-refractivity contribution in [2.24, 2.45) is 0 Å². The molecule has 0 fully saturated rings. The predicted octanol–water partition coefficient (Wildman–Crippen LogP) is 4.57. The number of nitrogens with one attached hydrogen (secondary N) is 3. The van der Waals surface area contributed by atoms with E-state index in [1.54, 1.807) is 18.3 Å². The molecule has 0 aliphatic carbocycles. The van der Waals surface area contributed by atoms with Gasteiger partial charge in [0.1, 0.15) is 18.2 Å². The number of pyridine rings is 1. The number of benzene rings is 2. The Balaban J connectivity index is 1.38. The SMILES string of the molecule is CNC(=O)c1cc(COc2ccc(Nc3ccc(N4C=C(C)N[C@@H](C)C4)cc3)nc2)c(F)c(OC)c1. The standard InChI is InChI=1S/C27H30FN5O3/c1-17-14-33(15-18(2)31-17)22-7-5-21(6-8-22)32-25-10-9-23(13-30-25)36-16-20-11-19(27(34)29-3)12-24(35-4)26(20)28/h5-14,18,31H,15-16H2,1-4H3,(H,29,34)(H,30,32)/t18-/m0/s1. The van der Waals surface area contributed by atoms with Crippen molar-refractivity contribution in [2.75, 3.05) is 30.9 Å². The van der Waals surface area contributed by atoms with Crippen molar-refractivity contribution in [1.82, 2.24) is 15.6 Å². The molecule has 0 radical (unpaired) electrons. The van der Waals surface area contributed by atoms with Crippen molar-refractivity contribution in [3.8, 4) is 11.5 Å². The molecule has 1 aromatic heterocycles. The van der Waals surface area contributed by atoms with Gasteiger partial charge < -0.3 is 30.3 Å². The second kappa shape index (κ2) is 11.0. The smallest absolute Gasteiger partial charge is 0.251 e. The zero-order valence-corrected chi connectivity index (χ0v) is 20.8. The zero-order valence-electron chi connectivity index (χ0n) is 20.8. The van der Waals surface area contributed by atoms with Gasteiger partial charge in [-0.05, 0) is 62.4 Å². The fourth-order valence-corrected chi connectivity index (χ4v) is 4.00. The predicted molar refractivity (Wildman–Crippen MR) is 138 cm³/mol. The van der Waals surface area contributed by atoms with E-state index in [-0.39, 0.29) is 29.4 Å². The van der Waals surface area contributed by atoms with E-state index in [1.807, 2.05) is 12.1 Å². The third kappa shape index (κ3) is 5.86. The van der Waals surface area contributed by atoms with Gasteiger partial charge in [0.25, 0.3) is 5.91 Å². The van der Waals surface area contributed by atoms with Gasteiger partial charge in [-0.1, -0.05) is 0 Å². The summed E-state index contributed by atoms with van der Waals surface area (Å²) in [5.74, 6) is 0.191. The molecular formula is C27H30FN5O3. The van der Waals surface area contributed by atoms with E-state index in [0.717, 1.165) is 23.6 Å². The fourth-order valence-electron chi connectivity index (χ4n) is 4.00. The normalized spacial score (nSPS) is 15.0. The lowest BCUT2D eigenvalue weighted by Gasteiger charge is -2.31. The van der Waals surface area contributed by atoms with Crippen LogP contribution in [-0.4, -0.2) is 37.6 Å². The summed E-state index contributed by atoms with van der Waals surface area (Å²) in [5, 5.41) is 9.20. The summed E-state index contributed by atoms with van der Waals surface area (Å²) in [6.45, 7) is 5.04. The van der Waals surface area contributed by atoms with Crippen LogP contribution < -0.4 is 30.3 Å². The topological polar surface area (TPSA) is 87.8 Å². The molecule has 3 N–H and O–H groups in total. The molecule has 3 aromatic rings. The Kier molecular flexibility index (Phi) is 7.58. The highest BCUT2D eigenvalue weighted by molar-refractivity contribution is 5.94. The number of hydrogen-bond donors (Lipinski definition) is 3. The van der Waals surface area contributed by atoms with Gasteiger partial charge in [-0.3, -0.25) is 4.79 Å². The summed E-state index contributed by atoms with van der Waals surface area (Å²) < 4.78 is 25.4. The van der Waals surface area contributed by atoms with Crippen molar-refractivity contribution < 1.29 is 18.7 Å². The Morgan fingerprint density at radius 1 is 1.22 bits per heavy atom. The van der Waals surface area contributed by atoms with Gasteiger partial charge in [0.05, 0.1) is 13.3 Å². The van der Waals surface area contributed by atoms with Crippen LogP contribution in [0.5, 0.6) is 11.5 Å². The Morgan fingerprint density at radius 3 is 2.64 bits per heavy atom. The van der Waals surface area contributed by atoms with Crippen LogP contribution in [0.1, 0.15) is 29.8 Å². The van der Waals surface area contributed by atoms with Gasteiger partial charge in [0, 0.05) is 54.0 Å². The van der Waals surface area contributed by atoms with E-state index >= 15 is 0 Å². The minimum atomic E-state index is -0.569. The van der Waals surface area contributed by atoms with Crippen LogP contribution in [0.25, 0.3) is 0 Å². The van der Waals surface area contributed by atoms with Crippen molar-refractivity contribution in [2.45, 2.75) is 26.5 Å². The number of carbonyl (C=O) groups excluding carboxylic acids is 1. The first-order chi connectivity index (χ1) is 17.4. The number of hydrogen-bond acceptors (Lipinski definition) is 7. The summed E-state index contributed by atoms with van der Waals surface area (Å²) in [6.07, 6.45) is 3.67. The summed E-state index contributed by atoms with van der Waals surface area (Å²) in [6, 6.07) is 14.9. The molecule has 0 spiro atoms. The molecule has 1 atom stereocenters. The van der Waals surface area contributed by atoms with Crippen LogP contribution in [0.4, 0.5) is 21.6 Å². The number of aromatic nitrogens is 1. The van der Waals surface area contributed by atoms with Gasteiger partial charge in [0.15, 0.2) is 11.6 Å². The molecule has 8 nitrogen and oxygen atoms in total. The fraction of sp³-hybridized carbons (Fsp3) is 0.259. The molecule has 0 saturated carbocycles. The van der Waals surface area contributed by atoms with Crippen LogP contribution in [-0.2, 0) is 6.61 Å². The van der Waals surface area contributed by atoms with E-state index in [4.69, 9.17) is 9.47 Å². The maximum atomic E-state index is 14.6. The number of carbonyl (C=O) groups is 1. The highest BCUT2D eigenvalue weighted by atomic mass is 19.1. The number of nitrogens with zero attached hydrogens (tertiary/aromatic N) is 2. The third-order valence-electron chi connectivity index (χ3n) is 5.72. The zero-order chi connectivity index (χ0) is 25.7. The maximum Gasteiger partial charge on any atom is 0.251 e. The van der Waals surface area contributed by atoms with Gasteiger partial charge in [-0.15, -0.1) is 0 Å². The van der Waals surface area contributed by atoms with Crippen molar-refractivity contribution in [3.63, 3.8) is 0 Å². The Morgan fingerprint density at radius 2 is 2.00 bits per heavy atom. The molecular weight excluding hydrogens is 461 g/mol. The quantitative estimate of drug-likeness (QED) is 0.425. The van der Waals surface area contributed by atoms with Gasteiger partial charge in [-0.25, -0.2) is 9.37 Å². The Hall–Kier alpha value is -4.27. The largest absolute Gasteiger partial charge is 0.494 e. The summed E-state index contributed by atoms with van der Waals surface area (Å²) in [4.78, 5) is 18.6. The highest BCUT2D eigenvalue weighted by Gasteiger charge is 2.16. The average Bonchev–Trinajstić information content (AvgIpc) is 2.88. The van der Waals surface area contributed by atoms with Crippen LogP contribution in [0.2, 0.25) is 0 Å². The number of halogens is 1. The lowest BCUT2D eigenvalue weighted by molar-refractivity contribution is 0.0962. The molecule has 1 aliphatic rings. The first-order valence-electron chi connectivity index (χ1n) is 11.6. The van der Waals surface area contributed by atoms with Crippen LogP contribution in [0, 0.1) is 5.82 Å². The molecule has 0 bridgehead atoms. The molecule has 36 heavy (non-hydrogen) atoms. The first-order valence-corrected chi connectivity index (χ1v) is 11.6. The first kappa shape index (κ1) is 24.8. The van der Waals surface area contributed by atoms with Crippen LogP contribution in [0.15, 0.2) is 66.6 Å². The van der Waals surface area contributed by atoms with Crippen molar-refractivity contribution in [1.29, 1.82) is 0 Å². The van der Waals surface area contributed by atoms with E-state index in [0.29, 0.717) is 17.6 Å². The minimum absolute atomic E-state index is 0.0176. The van der Waals surface area contributed by atoms with Gasteiger partial charge in [-0.2, -0.15) is 0 Å². The van der Waals surface area contributed by atoms with Crippen LogP contribution >= 0.6 is 0 Å². The molecule has 4 rings (SSSR count). The molecule has 9 heteroatoms. The number of amides is 1. The third-order valence-corrected chi connectivity index (χ3v) is 5.72. The molecule has 2 aromatic carbocycles. The Labute approximate surface area is 210 Å². The number of ether oxygens (including phenoxy) is 2. The van der Waals surface area contributed by atoms with E-state index in [9.17, 15) is 9.18 Å². The number of allylic oxidation sites excluding steroid dienone is 1. The second-order valence-electron chi connectivity index (χ2n) is 8.58. The molecule has 0 unspecified atom stereocenters. The molecule has 188 valence electrons. The summed E-state index contributed by atoms with van der Waals surface area (Å²) in [7, 11) is 2.86. The number of rotatable bonds is 8. The van der Waals surface area contributed by atoms with E-state index in [1.165, 1.54) is 26.3 Å². The molecule has 0 saturated heterocycles. The summed E-state index contributed by atoms with van der Waals surface area (Å²) >= 11 is 0. The van der Waals surface area contributed by atoms with Crippen molar-refractivity contribution >= 4 is 23.1 Å². The molecule has 1 amide bonds. The average molecular weight is 492 g/mol. The Bertz CT molecular complexity index is 1250. The van der Waals surface area contributed by atoms with Crippen LogP contribution in [0.3, 0.4) is 0 Å². The second-order valence-corrected chi connectivity index (χ2v) is 8.58. The van der Waals surface area contributed by atoms with E-state index < -0.39 is 5.82 Å². The minimum Gasteiger partial charge on any atom is -0.494 e. The highest BCUT2D eigenvalue weighted by Crippen LogP contribution is 2.26. The van der Waals surface area contributed by atoms with Gasteiger partial charge in [0.2, 0.25) is 0 Å². The number of methoxy groups -OCH3 is 1. The lowest BCUT2D eigenvalue weighted by Crippen LogP contribution is -2.41. The lowest BCUT2D eigenvalue weighted by atomic mass is 10.1. The van der Waals surface area contributed by atoms with Crippen molar-refractivity contribution in [3.05, 3.63) is 83.6 Å². The summed E-state index contributed by atoms with van der Waals surface area (Å²) in [5.41, 5.74) is 3.66. The number of anilines is 3. The monoisotopic (exact) mass is 491 g/mol.